The van der Waals surface area contributed by atoms with Gasteiger partial charge in [-0.1, -0.05) is 17.1 Å². The number of rotatable bonds is 6. The maximum atomic E-state index is 11.8. The van der Waals surface area contributed by atoms with Gasteiger partial charge in [-0.3, -0.25) is 19.8 Å². The highest BCUT2D eigenvalue weighted by Crippen LogP contribution is 2.25. The Hall–Kier alpha value is -3.24. The predicted octanol–water partition coefficient (Wildman–Crippen LogP) is 2.10. The molecular weight excluding hydrogens is 426 g/mol. The van der Waals surface area contributed by atoms with E-state index >= 15 is 0 Å². The number of imidazole rings is 1. The van der Waals surface area contributed by atoms with E-state index in [4.69, 9.17) is 0 Å². The minimum Gasteiger partial charge on any atom is -0.341 e. The van der Waals surface area contributed by atoms with E-state index in [0.717, 1.165) is 73.6 Å². The van der Waals surface area contributed by atoms with Crippen LogP contribution in [-0.2, 0) is 11.3 Å². The van der Waals surface area contributed by atoms with Gasteiger partial charge in [-0.15, -0.1) is 0 Å². The molecule has 5 rings (SSSR count). The van der Waals surface area contributed by atoms with Crippen LogP contribution in [0.25, 0.3) is 17.1 Å². The SMILES string of the molecule is O=C1NC(=O)/C(=C/c2cc[nH+]c(N3CCC(CNCc4nc5ccccc5[nH]4)CC3)n2)S1. The Kier molecular flexibility index (Phi) is 5.87. The highest BCUT2D eigenvalue weighted by molar-refractivity contribution is 8.18. The average Bonchev–Trinajstić information content (AvgIpc) is 3.36. The number of nitrogens with one attached hydrogen (secondary N) is 4. The van der Waals surface area contributed by atoms with E-state index in [1.807, 2.05) is 30.5 Å². The van der Waals surface area contributed by atoms with Gasteiger partial charge in [-0.05, 0) is 49.2 Å². The zero-order valence-electron chi connectivity index (χ0n) is 17.4. The van der Waals surface area contributed by atoms with E-state index in [9.17, 15) is 9.59 Å². The van der Waals surface area contributed by atoms with Crippen molar-refractivity contribution in [3.05, 3.63) is 53.0 Å². The molecule has 2 amide bonds. The standard InChI is InChI=1S/C22H23N7O2S/c30-20-18(32-22(31)28-20)11-15-5-8-24-21(25-15)29-9-6-14(7-10-29)12-23-13-19-26-16-3-1-2-4-17(16)27-19/h1-5,8,11,14,23H,6-7,9-10,12-13H2,(H,26,27)(H,28,30,31)/p+1/b18-11-. The van der Waals surface area contributed by atoms with Gasteiger partial charge >= 0.3 is 5.95 Å². The number of fused-ring (bicyclic) bond motifs is 1. The van der Waals surface area contributed by atoms with Gasteiger partial charge in [0, 0.05) is 12.1 Å². The fraction of sp³-hybridized carbons (Fsp3) is 0.318. The molecule has 4 heterocycles. The Morgan fingerprint density at radius 1 is 1.19 bits per heavy atom. The monoisotopic (exact) mass is 450 g/mol. The molecule has 0 atom stereocenters. The van der Waals surface area contributed by atoms with Crippen LogP contribution in [0.4, 0.5) is 10.7 Å². The molecule has 32 heavy (non-hydrogen) atoms. The van der Waals surface area contributed by atoms with Crippen LogP contribution >= 0.6 is 11.8 Å². The molecule has 0 aliphatic carbocycles. The molecule has 9 nitrogen and oxygen atoms in total. The Bertz CT molecular complexity index is 1150. The topological polar surface area (TPSA) is 117 Å². The van der Waals surface area contributed by atoms with Gasteiger partial charge in [0.25, 0.3) is 11.1 Å². The minimum absolute atomic E-state index is 0.347. The van der Waals surface area contributed by atoms with Crippen molar-refractivity contribution in [2.45, 2.75) is 19.4 Å². The molecule has 0 saturated carbocycles. The van der Waals surface area contributed by atoms with E-state index in [1.54, 1.807) is 12.1 Å². The lowest BCUT2D eigenvalue weighted by atomic mass is 9.97. The van der Waals surface area contributed by atoms with Crippen LogP contribution < -0.4 is 20.5 Å². The molecule has 1 aromatic carbocycles. The molecule has 164 valence electrons. The van der Waals surface area contributed by atoms with Crippen molar-refractivity contribution in [3.63, 3.8) is 0 Å². The molecule has 3 aromatic rings. The van der Waals surface area contributed by atoms with Crippen molar-refractivity contribution in [1.82, 2.24) is 25.6 Å². The number of imide groups is 1. The molecule has 0 unspecified atom stereocenters. The molecule has 2 aliphatic rings. The van der Waals surface area contributed by atoms with Crippen molar-refractivity contribution < 1.29 is 14.6 Å². The summed E-state index contributed by atoms with van der Waals surface area (Å²) in [6, 6.07) is 9.86. The van der Waals surface area contributed by atoms with Gasteiger partial charge in [0.15, 0.2) is 0 Å². The lowest BCUT2D eigenvalue weighted by Gasteiger charge is -2.27. The number of benzene rings is 1. The van der Waals surface area contributed by atoms with Crippen LogP contribution in [0.2, 0.25) is 0 Å². The van der Waals surface area contributed by atoms with Gasteiger partial charge in [0.2, 0.25) is 0 Å². The summed E-state index contributed by atoms with van der Waals surface area (Å²) in [5.41, 5.74) is 2.72. The van der Waals surface area contributed by atoms with E-state index in [0.29, 0.717) is 16.5 Å². The second-order valence-corrected chi connectivity index (χ2v) is 8.97. The summed E-state index contributed by atoms with van der Waals surface area (Å²) in [7, 11) is 0. The number of carbonyl (C=O) groups excluding carboxylic acids is 2. The van der Waals surface area contributed by atoms with E-state index in [2.05, 4.69) is 35.5 Å². The predicted molar refractivity (Wildman–Crippen MR) is 123 cm³/mol. The number of hydrogen-bond donors (Lipinski definition) is 3. The zero-order chi connectivity index (χ0) is 21.9. The van der Waals surface area contributed by atoms with E-state index in [1.165, 1.54) is 0 Å². The van der Waals surface area contributed by atoms with Crippen LogP contribution in [-0.4, -0.2) is 45.7 Å². The molecule has 0 bridgehead atoms. The number of aromatic nitrogens is 4. The molecule has 2 saturated heterocycles. The Labute approximate surface area is 189 Å². The van der Waals surface area contributed by atoms with Gasteiger partial charge in [0.1, 0.15) is 11.5 Å². The summed E-state index contributed by atoms with van der Waals surface area (Å²) in [6.07, 6.45) is 5.60. The second kappa shape index (κ2) is 9.09. The third kappa shape index (κ3) is 4.66. The quantitative estimate of drug-likeness (QED) is 0.492. The molecule has 10 heteroatoms. The van der Waals surface area contributed by atoms with Crippen LogP contribution in [0, 0.1) is 5.92 Å². The van der Waals surface area contributed by atoms with E-state index < -0.39 is 0 Å². The zero-order valence-corrected chi connectivity index (χ0v) is 18.2. The summed E-state index contributed by atoms with van der Waals surface area (Å²) >= 11 is 0.901. The van der Waals surface area contributed by atoms with Crippen molar-refractivity contribution >= 4 is 46.0 Å². The molecule has 2 aliphatic heterocycles. The average molecular weight is 451 g/mol. The van der Waals surface area contributed by atoms with Crippen molar-refractivity contribution in [3.8, 4) is 0 Å². The summed E-state index contributed by atoms with van der Waals surface area (Å²) < 4.78 is 0. The van der Waals surface area contributed by atoms with Crippen molar-refractivity contribution in [2.24, 2.45) is 5.92 Å². The first-order chi connectivity index (χ1) is 15.6. The van der Waals surface area contributed by atoms with E-state index in [-0.39, 0.29) is 11.1 Å². The normalized spacial score (nSPS) is 18.6. The first kappa shape index (κ1) is 20.7. The number of piperidine rings is 1. The molecule has 0 spiro atoms. The number of nitrogens with zero attached hydrogens (tertiary/aromatic N) is 3. The second-order valence-electron chi connectivity index (χ2n) is 7.95. The largest absolute Gasteiger partial charge is 0.392 e. The van der Waals surface area contributed by atoms with Crippen LogP contribution in [0.15, 0.2) is 41.4 Å². The minimum atomic E-state index is -0.368. The molecule has 2 fully saturated rings. The number of aromatic amines is 2. The Morgan fingerprint density at radius 2 is 2.03 bits per heavy atom. The molecule has 0 radical (unpaired) electrons. The first-order valence-electron chi connectivity index (χ1n) is 10.7. The van der Waals surface area contributed by atoms with Gasteiger partial charge < -0.3 is 10.3 Å². The fourth-order valence-corrected chi connectivity index (χ4v) is 4.69. The maximum absolute atomic E-state index is 11.8. The number of para-hydroxylation sites is 2. The summed E-state index contributed by atoms with van der Waals surface area (Å²) in [6.45, 7) is 3.51. The summed E-state index contributed by atoms with van der Waals surface area (Å²) in [4.78, 5) is 41.5. The summed E-state index contributed by atoms with van der Waals surface area (Å²) in [5.74, 6) is 1.98. The van der Waals surface area contributed by atoms with Crippen LogP contribution in [0.3, 0.4) is 0 Å². The number of anilines is 1. The van der Waals surface area contributed by atoms with Crippen LogP contribution in [0.5, 0.6) is 0 Å². The smallest absolute Gasteiger partial charge is 0.341 e. The fourth-order valence-electron chi connectivity index (χ4n) is 4.02. The number of carbonyl (C=O) groups is 2. The Morgan fingerprint density at radius 3 is 2.81 bits per heavy atom. The van der Waals surface area contributed by atoms with Crippen LogP contribution in [0.1, 0.15) is 24.4 Å². The third-order valence-electron chi connectivity index (χ3n) is 5.70. The number of H-pyrrole nitrogens is 2. The van der Waals surface area contributed by atoms with Crippen molar-refractivity contribution in [1.29, 1.82) is 0 Å². The first-order valence-corrected chi connectivity index (χ1v) is 11.5. The van der Waals surface area contributed by atoms with Gasteiger partial charge in [-0.2, -0.15) is 0 Å². The highest BCUT2D eigenvalue weighted by atomic mass is 32.2. The molecular formula is C22H24N7O2S+. The maximum Gasteiger partial charge on any atom is 0.392 e. The molecule has 4 N–H and O–H groups in total. The number of amides is 2. The van der Waals surface area contributed by atoms with Crippen molar-refractivity contribution in [2.75, 3.05) is 24.5 Å². The number of thioether (sulfide) groups is 1. The number of hydrogen-bond acceptors (Lipinski definition) is 7. The Balaban J connectivity index is 1.12. The van der Waals surface area contributed by atoms with Gasteiger partial charge in [0.05, 0.1) is 41.8 Å². The highest BCUT2D eigenvalue weighted by Gasteiger charge is 2.28. The third-order valence-corrected chi connectivity index (χ3v) is 6.51. The lowest BCUT2D eigenvalue weighted by molar-refractivity contribution is -0.368. The molecule has 2 aromatic heterocycles. The summed E-state index contributed by atoms with van der Waals surface area (Å²) in [5, 5.41) is 5.45. The lowest BCUT2D eigenvalue weighted by Crippen LogP contribution is -2.40. The van der Waals surface area contributed by atoms with Gasteiger partial charge in [-0.25, -0.2) is 9.97 Å².